The van der Waals surface area contributed by atoms with Crippen molar-refractivity contribution in [1.82, 2.24) is 16.2 Å². The van der Waals surface area contributed by atoms with Crippen molar-refractivity contribution in [3.8, 4) is 0 Å². The molecule has 7 nitrogen and oxygen atoms in total. The van der Waals surface area contributed by atoms with Crippen molar-refractivity contribution in [2.75, 3.05) is 0 Å². The lowest BCUT2D eigenvalue weighted by molar-refractivity contribution is -0.126. The van der Waals surface area contributed by atoms with Crippen LogP contribution in [0.4, 0.5) is 0 Å². The van der Waals surface area contributed by atoms with Gasteiger partial charge >= 0.3 is 5.91 Å². The molecule has 0 saturated carbocycles. The Hall–Kier alpha value is -2.61. The second-order valence-electron chi connectivity index (χ2n) is 4.87. The summed E-state index contributed by atoms with van der Waals surface area (Å²) in [6.45, 7) is 0.408. The van der Waals surface area contributed by atoms with Gasteiger partial charge in [0.2, 0.25) is 11.8 Å². The summed E-state index contributed by atoms with van der Waals surface area (Å²) in [6.07, 6.45) is -0.0103. The SMILES string of the molecule is O=C(CCC(=O)NNC(=O)c1ccc(Br)o1)NCc1ccccc1. The van der Waals surface area contributed by atoms with Crippen molar-refractivity contribution < 1.29 is 18.8 Å². The highest BCUT2D eigenvalue weighted by Gasteiger charge is 2.12. The first kappa shape index (κ1) is 17.7. The van der Waals surface area contributed by atoms with Crippen molar-refractivity contribution in [2.24, 2.45) is 0 Å². The predicted octanol–water partition coefficient (Wildman–Crippen LogP) is 1.90. The number of hydrogen-bond acceptors (Lipinski definition) is 4. The number of hydrogen-bond donors (Lipinski definition) is 3. The van der Waals surface area contributed by atoms with Gasteiger partial charge in [0.1, 0.15) is 0 Å². The maximum Gasteiger partial charge on any atom is 0.305 e. The van der Waals surface area contributed by atoms with E-state index in [4.69, 9.17) is 4.42 Å². The van der Waals surface area contributed by atoms with Gasteiger partial charge in [-0.1, -0.05) is 30.3 Å². The normalized spacial score (nSPS) is 10.0. The van der Waals surface area contributed by atoms with Crippen molar-refractivity contribution in [2.45, 2.75) is 19.4 Å². The summed E-state index contributed by atoms with van der Waals surface area (Å²) in [5, 5.41) is 2.72. The average molecular weight is 394 g/mol. The number of carbonyl (C=O) groups is 3. The Labute approximate surface area is 146 Å². The smallest absolute Gasteiger partial charge is 0.305 e. The molecule has 0 fully saturated rings. The molecule has 0 aliphatic rings. The van der Waals surface area contributed by atoms with Crippen LogP contribution in [0, 0.1) is 0 Å². The first-order chi connectivity index (χ1) is 11.5. The van der Waals surface area contributed by atoms with E-state index in [2.05, 4.69) is 32.1 Å². The molecule has 0 spiro atoms. The summed E-state index contributed by atoms with van der Waals surface area (Å²) in [5.74, 6) is -1.23. The summed E-state index contributed by atoms with van der Waals surface area (Å²) < 4.78 is 5.45. The number of furan rings is 1. The van der Waals surface area contributed by atoms with E-state index in [-0.39, 0.29) is 24.5 Å². The van der Waals surface area contributed by atoms with Gasteiger partial charge in [-0.15, -0.1) is 0 Å². The second kappa shape index (κ2) is 8.88. The average Bonchev–Trinajstić information content (AvgIpc) is 3.03. The fraction of sp³-hybridized carbons (Fsp3) is 0.188. The highest BCUT2D eigenvalue weighted by atomic mass is 79.9. The van der Waals surface area contributed by atoms with Gasteiger partial charge in [0, 0.05) is 19.4 Å². The first-order valence-electron chi connectivity index (χ1n) is 7.20. The van der Waals surface area contributed by atoms with Gasteiger partial charge in [0.15, 0.2) is 10.4 Å². The minimum Gasteiger partial charge on any atom is -0.444 e. The highest BCUT2D eigenvalue weighted by Crippen LogP contribution is 2.13. The fourth-order valence-electron chi connectivity index (χ4n) is 1.80. The van der Waals surface area contributed by atoms with Crippen LogP contribution >= 0.6 is 15.9 Å². The summed E-state index contributed by atoms with van der Waals surface area (Å²) in [5.41, 5.74) is 5.41. The van der Waals surface area contributed by atoms with E-state index in [1.54, 1.807) is 6.07 Å². The Balaban J connectivity index is 1.63. The largest absolute Gasteiger partial charge is 0.444 e. The van der Waals surface area contributed by atoms with E-state index in [1.165, 1.54) is 6.07 Å². The molecule has 0 unspecified atom stereocenters. The molecule has 1 heterocycles. The summed E-state index contributed by atoms with van der Waals surface area (Å²) in [6, 6.07) is 12.5. The zero-order valence-electron chi connectivity index (χ0n) is 12.7. The Morgan fingerprint density at radius 3 is 2.29 bits per heavy atom. The maximum atomic E-state index is 11.7. The Kier molecular flexibility index (Phi) is 6.56. The van der Waals surface area contributed by atoms with Crippen molar-refractivity contribution in [3.05, 3.63) is 58.5 Å². The third-order valence-electron chi connectivity index (χ3n) is 3.02. The third kappa shape index (κ3) is 5.88. The minimum absolute atomic E-state index is 0.0286. The van der Waals surface area contributed by atoms with Crippen LogP contribution in [0.25, 0.3) is 0 Å². The lowest BCUT2D eigenvalue weighted by Crippen LogP contribution is -2.41. The Morgan fingerprint density at radius 1 is 0.917 bits per heavy atom. The lowest BCUT2D eigenvalue weighted by Gasteiger charge is -2.07. The van der Waals surface area contributed by atoms with Gasteiger partial charge in [-0.2, -0.15) is 0 Å². The van der Waals surface area contributed by atoms with Gasteiger partial charge in [-0.25, -0.2) is 0 Å². The molecule has 0 aliphatic carbocycles. The first-order valence-corrected chi connectivity index (χ1v) is 7.99. The third-order valence-corrected chi connectivity index (χ3v) is 3.45. The number of rotatable bonds is 6. The highest BCUT2D eigenvalue weighted by molar-refractivity contribution is 9.10. The van der Waals surface area contributed by atoms with Gasteiger partial charge in [-0.05, 0) is 33.6 Å². The minimum atomic E-state index is -0.581. The molecule has 0 aliphatic heterocycles. The number of amides is 3. The molecule has 2 rings (SSSR count). The molecule has 126 valence electrons. The molecular weight excluding hydrogens is 378 g/mol. The molecule has 0 radical (unpaired) electrons. The van der Waals surface area contributed by atoms with Gasteiger partial charge in [0.25, 0.3) is 0 Å². The molecule has 1 aromatic carbocycles. The molecule has 3 amide bonds. The molecule has 3 N–H and O–H groups in total. The second-order valence-corrected chi connectivity index (χ2v) is 5.65. The molecule has 0 bridgehead atoms. The van der Waals surface area contributed by atoms with Gasteiger partial charge < -0.3 is 9.73 Å². The van der Waals surface area contributed by atoms with Crippen molar-refractivity contribution in [3.63, 3.8) is 0 Å². The monoisotopic (exact) mass is 393 g/mol. The van der Waals surface area contributed by atoms with E-state index < -0.39 is 11.8 Å². The van der Waals surface area contributed by atoms with E-state index in [1.807, 2.05) is 30.3 Å². The predicted molar refractivity (Wildman–Crippen MR) is 89.5 cm³/mol. The molecule has 8 heteroatoms. The van der Waals surface area contributed by atoms with Gasteiger partial charge in [0.05, 0.1) is 0 Å². The number of halogens is 1. The van der Waals surface area contributed by atoms with E-state index in [0.29, 0.717) is 11.2 Å². The van der Waals surface area contributed by atoms with E-state index >= 15 is 0 Å². The number of nitrogens with one attached hydrogen (secondary N) is 3. The van der Waals surface area contributed by atoms with Crippen LogP contribution in [0.2, 0.25) is 0 Å². The zero-order chi connectivity index (χ0) is 17.4. The van der Waals surface area contributed by atoms with Crippen LogP contribution in [0.15, 0.2) is 51.6 Å². The van der Waals surface area contributed by atoms with Crippen LogP contribution in [-0.2, 0) is 16.1 Å². The van der Waals surface area contributed by atoms with Crippen LogP contribution in [0.5, 0.6) is 0 Å². The van der Waals surface area contributed by atoms with Gasteiger partial charge in [-0.3, -0.25) is 25.2 Å². The Morgan fingerprint density at radius 2 is 1.62 bits per heavy atom. The number of carbonyl (C=O) groups excluding carboxylic acids is 3. The van der Waals surface area contributed by atoms with Crippen LogP contribution in [0.1, 0.15) is 29.0 Å². The fourth-order valence-corrected chi connectivity index (χ4v) is 2.11. The summed E-state index contributed by atoms with van der Waals surface area (Å²) >= 11 is 3.07. The standard InChI is InChI=1S/C16H16BrN3O4/c17-13-7-6-12(24-13)16(23)20-19-15(22)9-8-14(21)18-10-11-4-2-1-3-5-11/h1-7H,8-10H2,(H,18,21)(H,19,22)(H,20,23). The van der Waals surface area contributed by atoms with Crippen LogP contribution in [0.3, 0.4) is 0 Å². The number of hydrazine groups is 1. The molecule has 24 heavy (non-hydrogen) atoms. The van der Waals surface area contributed by atoms with E-state index in [9.17, 15) is 14.4 Å². The van der Waals surface area contributed by atoms with Crippen LogP contribution in [-0.4, -0.2) is 17.7 Å². The Bertz CT molecular complexity index is 715. The molecule has 2 aromatic rings. The molecular formula is C16H16BrN3O4. The topological polar surface area (TPSA) is 100 Å². The quantitative estimate of drug-likeness (QED) is 0.652. The molecule has 1 aromatic heterocycles. The van der Waals surface area contributed by atoms with Crippen molar-refractivity contribution >= 4 is 33.7 Å². The zero-order valence-corrected chi connectivity index (χ0v) is 14.3. The summed E-state index contributed by atoms with van der Waals surface area (Å²) in [4.78, 5) is 34.9. The van der Waals surface area contributed by atoms with Crippen LogP contribution < -0.4 is 16.2 Å². The maximum absolute atomic E-state index is 11.7. The lowest BCUT2D eigenvalue weighted by atomic mass is 10.2. The number of benzene rings is 1. The molecule has 0 atom stereocenters. The van der Waals surface area contributed by atoms with E-state index in [0.717, 1.165) is 5.56 Å². The molecule has 0 saturated heterocycles. The van der Waals surface area contributed by atoms with Crippen molar-refractivity contribution in [1.29, 1.82) is 0 Å². The summed E-state index contributed by atoms with van der Waals surface area (Å²) in [7, 11) is 0.